The first kappa shape index (κ1) is 12.9. The van der Waals surface area contributed by atoms with Crippen molar-refractivity contribution in [3.05, 3.63) is 52.1 Å². The van der Waals surface area contributed by atoms with Crippen molar-refractivity contribution in [3.8, 4) is 5.88 Å². The number of para-hydroxylation sites is 1. The first-order chi connectivity index (χ1) is 9.69. The summed E-state index contributed by atoms with van der Waals surface area (Å²) < 4.78 is 6.06. The van der Waals surface area contributed by atoms with Crippen molar-refractivity contribution >= 4 is 39.2 Å². The lowest BCUT2D eigenvalue weighted by Gasteiger charge is -2.05. The first-order valence-electron chi connectivity index (χ1n) is 6.01. The molecular weight excluding hydrogens is 320 g/mol. The largest absolute Gasteiger partial charge is 0.481 e. The number of anilines is 1. The van der Waals surface area contributed by atoms with E-state index in [1.807, 2.05) is 30.3 Å². The SMILES string of the molecule is COc1ncc(Br)cc1/C=C1\C(=O)Nc2ccccc21. The molecule has 1 aromatic heterocycles. The highest BCUT2D eigenvalue weighted by molar-refractivity contribution is 9.10. The van der Waals surface area contributed by atoms with Gasteiger partial charge in [0.25, 0.3) is 5.91 Å². The molecule has 0 bridgehead atoms. The number of carbonyl (C=O) groups is 1. The summed E-state index contributed by atoms with van der Waals surface area (Å²) in [6.07, 6.45) is 3.45. The number of nitrogens with one attached hydrogen (secondary N) is 1. The summed E-state index contributed by atoms with van der Waals surface area (Å²) in [5, 5.41) is 2.84. The predicted octanol–water partition coefficient (Wildman–Crippen LogP) is 3.35. The van der Waals surface area contributed by atoms with Crippen LogP contribution in [-0.4, -0.2) is 18.0 Å². The van der Waals surface area contributed by atoms with E-state index in [-0.39, 0.29) is 5.91 Å². The highest BCUT2D eigenvalue weighted by Gasteiger charge is 2.23. The van der Waals surface area contributed by atoms with E-state index < -0.39 is 0 Å². The van der Waals surface area contributed by atoms with E-state index in [1.54, 1.807) is 19.4 Å². The van der Waals surface area contributed by atoms with E-state index in [9.17, 15) is 4.79 Å². The molecule has 0 saturated heterocycles. The summed E-state index contributed by atoms with van der Waals surface area (Å²) >= 11 is 3.37. The molecule has 0 unspecified atom stereocenters. The molecule has 2 aromatic rings. The number of nitrogens with zero attached hydrogens (tertiary/aromatic N) is 1. The zero-order valence-corrected chi connectivity index (χ0v) is 12.3. The molecule has 0 fully saturated rings. The van der Waals surface area contributed by atoms with Gasteiger partial charge in [-0.25, -0.2) is 4.98 Å². The fourth-order valence-corrected chi connectivity index (χ4v) is 2.50. The zero-order chi connectivity index (χ0) is 14.1. The van der Waals surface area contributed by atoms with Crippen molar-refractivity contribution in [1.82, 2.24) is 4.98 Å². The number of hydrogen-bond donors (Lipinski definition) is 1. The molecule has 3 rings (SSSR count). The fraction of sp³-hybridized carbons (Fsp3) is 0.0667. The van der Waals surface area contributed by atoms with Gasteiger partial charge in [-0.05, 0) is 34.1 Å². The number of rotatable bonds is 2. The van der Waals surface area contributed by atoms with E-state index in [2.05, 4.69) is 26.2 Å². The number of hydrogen-bond acceptors (Lipinski definition) is 3. The third kappa shape index (κ3) is 2.20. The topological polar surface area (TPSA) is 51.2 Å². The van der Waals surface area contributed by atoms with E-state index in [0.717, 1.165) is 21.3 Å². The first-order valence-corrected chi connectivity index (χ1v) is 6.80. The third-order valence-electron chi connectivity index (χ3n) is 3.05. The number of ether oxygens (including phenoxy) is 1. The molecule has 0 radical (unpaired) electrons. The van der Waals surface area contributed by atoms with Crippen molar-refractivity contribution < 1.29 is 9.53 Å². The smallest absolute Gasteiger partial charge is 0.256 e. The Hall–Kier alpha value is -2.14. The standard InChI is InChI=1S/C15H11BrN2O2/c1-20-15-9(6-10(16)8-17-15)7-12-11-4-2-3-5-13(11)18-14(12)19/h2-8H,1H3,(H,18,19)/b12-7-. The molecule has 20 heavy (non-hydrogen) atoms. The van der Waals surface area contributed by atoms with Crippen LogP contribution in [0.3, 0.4) is 0 Å². The summed E-state index contributed by atoms with van der Waals surface area (Å²) in [5.41, 5.74) is 3.08. The minimum atomic E-state index is -0.117. The number of benzene rings is 1. The van der Waals surface area contributed by atoms with Gasteiger partial charge < -0.3 is 10.1 Å². The number of methoxy groups -OCH3 is 1. The van der Waals surface area contributed by atoms with Gasteiger partial charge in [0, 0.05) is 33.1 Å². The van der Waals surface area contributed by atoms with Gasteiger partial charge in [-0.2, -0.15) is 0 Å². The molecule has 0 spiro atoms. The van der Waals surface area contributed by atoms with E-state index in [0.29, 0.717) is 11.5 Å². The van der Waals surface area contributed by atoms with E-state index >= 15 is 0 Å². The molecule has 1 aromatic carbocycles. The van der Waals surface area contributed by atoms with Crippen LogP contribution in [0, 0.1) is 0 Å². The Bertz CT molecular complexity index is 726. The van der Waals surface area contributed by atoms with Crippen LogP contribution in [-0.2, 0) is 4.79 Å². The van der Waals surface area contributed by atoms with Gasteiger partial charge in [-0.3, -0.25) is 4.79 Å². The van der Waals surface area contributed by atoms with Crippen molar-refractivity contribution in [2.45, 2.75) is 0 Å². The van der Waals surface area contributed by atoms with Gasteiger partial charge in [0.05, 0.1) is 7.11 Å². The number of halogens is 1. The maximum absolute atomic E-state index is 12.1. The summed E-state index contributed by atoms with van der Waals surface area (Å²) in [6, 6.07) is 9.46. The molecule has 0 aliphatic carbocycles. The van der Waals surface area contributed by atoms with Gasteiger partial charge in [-0.15, -0.1) is 0 Å². The summed E-state index contributed by atoms with van der Waals surface area (Å²) in [4.78, 5) is 16.2. The highest BCUT2D eigenvalue weighted by atomic mass is 79.9. The van der Waals surface area contributed by atoms with Gasteiger partial charge in [0.2, 0.25) is 5.88 Å². The van der Waals surface area contributed by atoms with Crippen LogP contribution in [0.4, 0.5) is 5.69 Å². The van der Waals surface area contributed by atoms with E-state index in [4.69, 9.17) is 4.74 Å². The molecule has 1 aliphatic rings. The zero-order valence-electron chi connectivity index (χ0n) is 10.7. The maximum atomic E-state index is 12.1. The average Bonchev–Trinajstić information content (AvgIpc) is 2.76. The van der Waals surface area contributed by atoms with Crippen LogP contribution < -0.4 is 10.1 Å². The number of fused-ring (bicyclic) bond motifs is 1. The fourth-order valence-electron chi connectivity index (χ4n) is 2.15. The van der Waals surface area contributed by atoms with Gasteiger partial charge in [-0.1, -0.05) is 18.2 Å². The van der Waals surface area contributed by atoms with Crippen molar-refractivity contribution in [2.24, 2.45) is 0 Å². The Kier molecular flexibility index (Phi) is 3.28. The monoisotopic (exact) mass is 330 g/mol. The third-order valence-corrected chi connectivity index (χ3v) is 3.48. The normalized spacial score (nSPS) is 15.1. The molecule has 2 heterocycles. The minimum Gasteiger partial charge on any atom is -0.481 e. The van der Waals surface area contributed by atoms with Crippen molar-refractivity contribution in [1.29, 1.82) is 0 Å². The summed E-state index contributed by atoms with van der Waals surface area (Å²) in [7, 11) is 1.56. The van der Waals surface area contributed by atoms with Crippen molar-refractivity contribution in [2.75, 3.05) is 12.4 Å². The number of amides is 1. The lowest BCUT2D eigenvalue weighted by Crippen LogP contribution is -2.03. The Labute approximate surface area is 124 Å². The Balaban J connectivity index is 2.13. The summed E-state index contributed by atoms with van der Waals surface area (Å²) in [6.45, 7) is 0. The summed E-state index contributed by atoms with van der Waals surface area (Å²) in [5.74, 6) is 0.367. The molecule has 4 nitrogen and oxygen atoms in total. The van der Waals surface area contributed by atoms with Gasteiger partial charge in [0.1, 0.15) is 0 Å². The van der Waals surface area contributed by atoms with Crippen molar-refractivity contribution in [3.63, 3.8) is 0 Å². The van der Waals surface area contributed by atoms with Crippen LogP contribution in [0.2, 0.25) is 0 Å². The highest BCUT2D eigenvalue weighted by Crippen LogP contribution is 2.34. The van der Waals surface area contributed by atoms with Crippen LogP contribution >= 0.6 is 15.9 Å². The van der Waals surface area contributed by atoms with E-state index in [1.165, 1.54) is 0 Å². The lowest BCUT2D eigenvalue weighted by molar-refractivity contribution is -0.110. The Morgan fingerprint density at radius 1 is 1.35 bits per heavy atom. The van der Waals surface area contributed by atoms with Crippen LogP contribution in [0.25, 0.3) is 11.6 Å². The Morgan fingerprint density at radius 3 is 2.95 bits per heavy atom. The Morgan fingerprint density at radius 2 is 2.15 bits per heavy atom. The molecule has 1 N–H and O–H groups in total. The van der Waals surface area contributed by atoms with Crippen LogP contribution in [0.15, 0.2) is 41.0 Å². The molecular formula is C15H11BrN2O2. The molecule has 1 aliphatic heterocycles. The molecule has 100 valence electrons. The second-order valence-electron chi connectivity index (χ2n) is 4.31. The molecule has 0 saturated carbocycles. The molecule has 1 amide bonds. The maximum Gasteiger partial charge on any atom is 0.256 e. The molecule has 5 heteroatoms. The average molecular weight is 331 g/mol. The number of pyridine rings is 1. The molecule has 0 atom stereocenters. The van der Waals surface area contributed by atoms with Crippen LogP contribution in [0.5, 0.6) is 5.88 Å². The second-order valence-corrected chi connectivity index (χ2v) is 5.23. The predicted molar refractivity (Wildman–Crippen MR) is 81.4 cm³/mol. The van der Waals surface area contributed by atoms with Gasteiger partial charge in [0.15, 0.2) is 0 Å². The van der Waals surface area contributed by atoms with Gasteiger partial charge >= 0.3 is 0 Å². The lowest BCUT2D eigenvalue weighted by atomic mass is 10.0. The quantitative estimate of drug-likeness (QED) is 0.859. The second kappa shape index (κ2) is 5.09. The van der Waals surface area contributed by atoms with Crippen LogP contribution in [0.1, 0.15) is 11.1 Å². The number of carbonyl (C=O) groups excluding carboxylic acids is 1. The number of aromatic nitrogens is 1. The minimum absolute atomic E-state index is 0.117.